The van der Waals surface area contributed by atoms with Crippen LogP contribution in [0.15, 0.2) is 46.7 Å². The van der Waals surface area contributed by atoms with Gasteiger partial charge in [0, 0.05) is 17.3 Å². The number of thioether (sulfide) groups is 1. The van der Waals surface area contributed by atoms with Crippen LogP contribution in [0, 0.1) is 0 Å². The molecule has 0 spiro atoms. The molecule has 5 nitrogen and oxygen atoms in total. The fourth-order valence-corrected chi connectivity index (χ4v) is 2.54. The van der Waals surface area contributed by atoms with E-state index in [1.165, 1.54) is 0 Å². The molecule has 0 saturated heterocycles. The van der Waals surface area contributed by atoms with Gasteiger partial charge < -0.3 is 10.9 Å². The van der Waals surface area contributed by atoms with E-state index in [1.807, 2.05) is 30.5 Å². The van der Waals surface area contributed by atoms with Gasteiger partial charge in [0.15, 0.2) is 5.84 Å². The number of oxime groups is 1. The van der Waals surface area contributed by atoms with Crippen LogP contribution in [0.3, 0.4) is 0 Å². The maximum Gasteiger partial charge on any atom is 0.173 e. The molecule has 94 valence electrons. The molecule has 1 aromatic carbocycles. The minimum absolute atomic E-state index is 0.0945. The molecule has 0 radical (unpaired) electrons. The van der Waals surface area contributed by atoms with Crippen molar-refractivity contribution in [3.8, 4) is 5.69 Å². The Morgan fingerprint density at radius 2 is 2.33 bits per heavy atom. The van der Waals surface area contributed by atoms with Gasteiger partial charge in [-0.25, -0.2) is 4.68 Å². The van der Waals surface area contributed by atoms with Crippen molar-refractivity contribution < 1.29 is 5.21 Å². The van der Waals surface area contributed by atoms with Crippen molar-refractivity contribution >= 4 is 17.6 Å². The molecule has 0 amide bonds. The van der Waals surface area contributed by atoms with Gasteiger partial charge in [0.05, 0.1) is 11.3 Å². The summed E-state index contributed by atoms with van der Waals surface area (Å²) in [6, 6.07) is 7.60. The lowest BCUT2D eigenvalue weighted by Crippen LogP contribution is -2.18. The average Bonchev–Trinajstić information content (AvgIpc) is 2.92. The van der Waals surface area contributed by atoms with Gasteiger partial charge in [-0.2, -0.15) is 5.10 Å². The number of rotatable bonds is 4. The second kappa shape index (κ2) is 5.59. The number of amidine groups is 1. The van der Waals surface area contributed by atoms with E-state index in [0.29, 0.717) is 5.56 Å². The van der Waals surface area contributed by atoms with E-state index < -0.39 is 0 Å². The van der Waals surface area contributed by atoms with Crippen molar-refractivity contribution in [3.63, 3.8) is 0 Å². The van der Waals surface area contributed by atoms with Crippen LogP contribution in [0.25, 0.3) is 5.69 Å². The van der Waals surface area contributed by atoms with Gasteiger partial charge in [0.1, 0.15) is 0 Å². The number of nitrogens with zero attached hydrogens (tertiary/aromatic N) is 3. The normalized spacial score (nSPS) is 11.7. The smallest absolute Gasteiger partial charge is 0.173 e. The molecule has 0 unspecified atom stereocenters. The van der Waals surface area contributed by atoms with E-state index in [1.54, 1.807) is 22.6 Å². The summed E-state index contributed by atoms with van der Waals surface area (Å²) in [5, 5.41) is 16.2. The summed E-state index contributed by atoms with van der Waals surface area (Å²) in [5.41, 5.74) is 7.28. The van der Waals surface area contributed by atoms with Crippen molar-refractivity contribution in [2.75, 3.05) is 5.75 Å². The highest BCUT2D eigenvalue weighted by Gasteiger charge is 2.14. The number of nitrogens with two attached hydrogens (primary N) is 1. The maximum atomic E-state index is 8.93. The molecule has 18 heavy (non-hydrogen) atoms. The predicted molar refractivity (Wildman–Crippen MR) is 72.5 cm³/mol. The van der Waals surface area contributed by atoms with Gasteiger partial charge in [0.25, 0.3) is 0 Å². The minimum Gasteiger partial charge on any atom is -0.409 e. The highest BCUT2D eigenvalue weighted by molar-refractivity contribution is 7.99. The fourth-order valence-electron chi connectivity index (χ4n) is 1.71. The highest BCUT2D eigenvalue weighted by Crippen LogP contribution is 2.27. The zero-order valence-electron chi connectivity index (χ0n) is 9.95. The van der Waals surface area contributed by atoms with Gasteiger partial charge in [-0.1, -0.05) is 18.1 Å². The minimum atomic E-state index is 0.0945. The first-order valence-corrected chi connectivity index (χ1v) is 6.50. The summed E-state index contributed by atoms with van der Waals surface area (Å²) in [7, 11) is 0. The monoisotopic (exact) mass is 262 g/mol. The topological polar surface area (TPSA) is 76.4 Å². The lowest BCUT2D eigenvalue weighted by atomic mass is 10.1. The summed E-state index contributed by atoms with van der Waals surface area (Å²) < 4.78 is 1.70. The molecule has 6 heteroatoms. The van der Waals surface area contributed by atoms with Gasteiger partial charge in [0.2, 0.25) is 0 Å². The van der Waals surface area contributed by atoms with Gasteiger partial charge in [-0.15, -0.1) is 11.8 Å². The van der Waals surface area contributed by atoms with Crippen molar-refractivity contribution in [1.29, 1.82) is 0 Å². The van der Waals surface area contributed by atoms with Crippen molar-refractivity contribution in [2.24, 2.45) is 10.9 Å². The summed E-state index contributed by atoms with van der Waals surface area (Å²) in [5.74, 6) is 1.01. The first-order chi connectivity index (χ1) is 8.77. The quantitative estimate of drug-likeness (QED) is 0.291. The van der Waals surface area contributed by atoms with Crippen LogP contribution in [0.4, 0.5) is 0 Å². The Morgan fingerprint density at radius 1 is 1.50 bits per heavy atom. The lowest BCUT2D eigenvalue weighted by Gasteiger charge is -2.12. The molecule has 1 aromatic heterocycles. The van der Waals surface area contributed by atoms with Crippen LogP contribution in [0.1, 0.15) is 12.5 Å². The lowest BCUT2D eigenvalue weighted by molar-refractivity contribution is 0.318. The molecule has 0 atom stereocenters. The molecular weight excluding hydrogens is 248 g/mol. The molecule has 3 N–H and O–H groups in total. The fraction of sp³-hybridized carbons (Fsp3) is 0.167. The number of hydrogen-bond acceptors (Lipinski definition) is 4. The van der Waals surface area contributed by atoms with E-state index in [0.717, 1.165) is 16.3 Å². The van der Waals surface area contributed by atoms with E-state index >= 15 is 0 Å². The third-order valence-corrected chi connectivity index (χ3v) is 3.36. The SMILES string of the molecule is CCSc1cccc(-n2cccn2)c1/C(N)=N/O. The van der Waals surface area contributed by atoms with Crippen LogP contribution >= 0.6 is 11.8 Å². The first kappa shape index (κ1) is 12.5. The Balaban J connectivity index is 2.62. The summed E-state index contributed by atoms with van der Waals surface area (Å²) >= 11 is 1.64. The zero-order valence-corrected chi connectivity index (χ0v) is 10.8. The maximum absolute atomic E-state index is 8.93. The molecule has 2 rings (SSSR count). The molecule has 1 heterocycles. The molecular formula is C12H14N4OS. The number of aromatic nitrogens is 2. The number of hydrogen-bond donors (Lipinski definition) is 2. The Labute approximate surface area is 109 Å². The third-order valence-electron chi connectivity index (χ3n) is 2.42. The molecule has 0 aliphatic heterocycles. The van der Waals surface area contributed by atoms with E-state index in [4.69, 9.17) is 10.9 Å². The van der Waals surface area contributed by atoms with Crippen molar-refractivity contribution in [2.45, 2.75) is 11.8 Å². The molecule has 0 fully saturated rings. The van der Waals surface area contributed by atoms with Crippen molar-refractivity contribution in [3.05, 3.63) is 42.2 Å². The summed E-state index contributed by atoms with van der Waals surface area (Å²) in [6.07, 6.45) is 3.51. The van der Waals surface area contributed by atoms with E-state index in [9.17, 15) is 0 Å². The van der Waals surface area contributed by atoms with E-state index in [2.05, 4.69) is 17.2 Å². The standard InChI is InChI=1S/C12H14N4OS/c1-2-18-10-6-3-5-9(11(10)12(13)15-17)16-8-4-7-14-16/h3-8,17H,2H2,1H3,(H2,13,15). The van der Waals surface area contributed by atoms with Crippen molar-refractivity contribution in [1.82, 2.24) is 9.78 Å². The predicted octanol–water partition coefficient (Wildman–Crippen LogP) is 2.08. The van der Waals surface area contributed by atoms with Gasteiger partial charge >= 0.3 is 0 Å². The van der Waals surface area contributed by atoms with Crippen LogP contribution in [-0.2, 0) is 0 Å². The molecule has 0 aliphatic rings. The van der Waals surface area contributed by atoms with Gasteiger partial charge in [-0.3, -0.25) is 0 Å². The van der Waals surface area contributed by atoms with Crippen LogP contribution in [0.2, 0.25) is 0 Å². The molecule has 0 aliphatic carbocycles. The van der Waals surface area contributed by atoms with Crippen LogP contribution < -0.4 is 5.73 Å². The highest BCUT2D eigenvalue weighted by atomic mass is 32.2. The second-order valence-corrected chi connectivity index (χ2v) is 4.83. The zero-order chi connectivity index (χ0) is 13.0. The Bertz CT molecular complexity index is 551. The Morgan fingerprint density at radius 3 is 2.94 bits per heavy atom. The Kier molecular flexibility index (Phi) is 3.88. The molecule has 0 saturated carbocycles. The molecule has 2 aromatic rings. The van der Waals surface area contributed by atoms with Crippen LogP contribution in [0.5, 0.6) is 0 Å². The molecule has 0 bridgehead atoms. The van der Waals surface area contributed by atoms with E-state index in [-0.39, 0.29) is 5.84 Å². The Hall–Kier alpha value is -1.95. The number of benzene rings is 1. The largest absolute Gasteiger partial charge is 0.409 e. The average molecular weight is 262 g/mol. The summed E-state index contributed by atoms with van der Waals surface area (Å²) in [4.78, 5) is 0.973. The third kappa shape index (κ3) is 2.33. The second-order valence-electron chi connectivity index (χ2n) is 3.52. The van der Waals surface area contributed by atoms with Gasteiger partial charge in [-0.05, 0) is 24.0 Å². The van der Waals surface area contributed by atoms with Crippen LogP contribution in [-0.4, -0.2) is 26.6 Å². The summed E-state index contributed by atoms with van der Waals surface area (Å²) in [6.45, 7) is 2.06. The first-order valence-electron chi connectivity index (χ1n) is 5.51.